The van der Waals surface area contributed by atoms with E-state index in [0.29, 0.717) is 0 Å². The predicted octanol–water partition coefficient (Wildman–Crippen LogP) is 5.17. The van der Waals surface area contributed by atoms with Crippen LogP contribution in [0.2, 0.25) is 0 Å². The summed E-state index contributed by atoms with van der Waals surface area (Å²) in [4.78, 5) is 0. The number of alkyl halides is 1. The fourth-order valence-electron chi connectivity index (χ4n) is 3.37. The van der Waals surface area contributed by atoms with E-state index in [1.165, 1.54) is 51.4 Å². The molecule has 0 unspecified atom stereocenters. The van der Waals surface area contributed by atoms with Crippen LogP contribution in [-0.4, -0.2) is 17.5 Å². The van der Waals surface area contributed by atoms with E-state index in [4.69, 9.17) is 4.74 Å². The van der Waals surface area contributed by atoms with E-state index in [2.05, 4.69) is 29.8 Å². The van der Waals surface area contributed by atoms with Crippen molar-refractivity contribution in [2.45, 2.75) is 70.8 Å². The van der Waals surface area contributed by atoms with Crippen LogP contribution in [0, 0.1) is 17.8 Å². The molecule has 0 aliphatic heterocycles. The molecule has 0 saturated heterocycles. The first kappa shape index (κ1) is 14.8. The van der Waals surface area contributed by atoms with E-state index in [-0.39, 0.29) is 5.60 Å². The molecule has 106 valence electrons. The maximum atomic E-state index is 6.31. The maximum absolute atomic E-state index is 6.31. The molecular formula is C16H29BrO. The quantitative estimate of drug-likeness (QED) is 0.614. The molecule has 2 heteroatoms. The SMILES string of the molecule is CC(C)C1CCC(CBr)(OCCC2CCC2)CC1. The summed E-state index contributed by atoms with van der Waals surface area (Å²) in [6, 6.07) is 0. The molecule has 0 aromatic rings. The predicted molar refractivity (Wildman–Crippen MR) is 81.2 cm³/mol. The normalized spacial score (nSPS) is 33.7. The Balaban J connectivity index is 1.72. The molecule has 0 heterocycles. The van der Waals surface area contributed by atoms with E-state index in [1.54, 1.807) is 0 Å². The van der Waals surface area contributed by atoms with Crippen LogP contribution in [0.1, 0.15) is 65.2 Å². The Kier molecular flexibility index (Phi) is 5.56. The van der Waals surface area contributed by atoms with Crippen molar-refractivity contribution in [3.8, 4) is 0 Å². The van der Waals surface area contributed by atoms with Gasteiger partial charge in [-0.15, -0.1) is 0 Å². The Morgan fingerprint density at radius 3 is 2.28 bits per heavy atom. The van der Waals surface area contributed by atoms with Gasteiger partial charge in [-0.05, 0) is 49.9 Å². The summed E-state index contributed by atoms with van der Waals surface area (Å²) in [7, 11) is 0. The van der Waals surface area contributed by atoms with Gasteiger partial charge in [0.25, 0.3) is 0 Å². The Labute approximate surface area is 121 Å². The first-order chi connectivity index (χ1) is 8.65. The molecule has 0 amide bonds. The highest BCUT2D eigenvalue weighted by Crippen LogP contribution is 2.39. The molecule has 0 aromatic heterocycles. The van der Waals surface area contributed by atoms with Gasteiger partial charge in [0.05, 0.1) is 5.60 Å². The second-order valence-electron chi connectivity index (χ2n) is 6.83. The van der Waals surface area contributed by atoms with Crippen molar-refractivity contribution in [2.75, 3.05) is 11.9 Å². The van der Waals surface area contributed by atoms with Crippen molar-refractivity contribution >= 4 is 15.9 Å². The molecule has 2 rings (SSSR count). The molecule has 2 aliphatic carbocycles. The first-order valence-corrected chi connectivity index (χ1v) is 8.97. The first-order valence-electron chi connectivity index (χ1n) is 7.85. The van der Waals surface area contributed by atoms with Gasteiger partial charge in [-0.1, -0.05) is 49.0 Å². The summed E-state index contributed by atoms with van der Waals surface area (Å²) in [5.74, 6) is 2.74. The summed E-state index contributed by atoms with van der Waals surface area (Å²) in [6.45, 7) is 5.72. The maximum Gasteiger partial charge on any atom is 0.0779 e. The minimum Gasteiger partial charge on any atom is -0.374 e. The van der Waals surface area contributed by atoms with Gasteiger partial charge in [-0.3, -0.25) is 0 Å². The summed E-state index contributed by atoms with van der Waals surface area (Å²) >= 11 is 3.70. The number of halogens is 1. The molecule has 2 aliphatic rings. The lowest BCUT2D eigenvalue weighted by Crippen LogP contribution is -2.40. The number of ether oxygens (including phenoxy) is 1. The van der Waals surface area contributed by atoms with Crippen LogP contribution < -0.4 is 0 Å². The van der Waals surface area contributed by atoms with Crippen LogP contribution in [0.4, 0.5) is 0 Å². The van der Waals surface area contributed by atoms with Crippen molar-refractivity contribution in [3.05, 3.63) is 0 Å². The van der Waals surface area contributed by atoms with E-state index < -0.39 is 0 Å². The lowest BCUT2D eigenvalue weighted by atomic mass is 9.75. The average Bonchev–Trinajstić information content (AvgIpc) is 2.33. The zero-order valence-electron chi connectivity index (χ0n) is 12.1. The van der Waals surface area contributed by atoms with Crippen molar-refractivity contribution in [2.24, 2.45) is 17.8 Å². The fourth-order valence-corrected chi connectivity index (χ4v) is 4.10. The number of hydrogen-bond acceptors (Lipinski definition) is 1. The lowest BCUT2D eigenvalue weighted by Gasteiger charge is -2.40. The molecule has 18 heavy (non-hydrogen) atoms. The fraction of sp³-hybridized carbons (Fsp3) is 1.00. The second kappa shape index (κ2) is 6.74. The average molecular weight is 317 g/mol. The van der Waals surface area contributed by atoms with Crippen molar-refractivity contribution in [1.82, 2.24) is 0 Å². The molecule has 0 bridgehead atoms. The zero-order valence-corrected chi connectivity index (χ0v) is 13.7. The van der Waals surface area contributed by atoms with Crippen LogP contribution >= 0.6 is 15.9 Å². The van der Waals surface area contributed by atoms with Crippen LogP contribution in [-0.2, 0) is 4.74 Å². The molecule has 0 aromatic carbocycles. The van der Waals surface area contributed by atoms with Crippen molar-refractivity contribution in [3.63, 3.8) is 0 Å². The Hall–Kier alpha value is 0.440. The third kappa shape index (κ3) is 3.72. The van der Waals surface area contributed by atoms with Gasteiger partial charge in [0.2, 0.25) is 0 Å². The van der Waals surface area contributed by atoms with Crippen LogP contribution in [0.5, 0.6) is 0 Å². The van der Waals surface area contributed by atoms with E-state index in [9.17, 15) is 0 Å². The van der Waals surface area contributed by atoms with Gasteiger partial charge in [-0.25, -0.2) is 0 Å². The van der Waals surface area contributed by atoms with Crippen LogP contribution in [0.15, 0.2) is 0 Å². The molecule has 1 nitrogen and oxygen atoms in total. The molecule has 0 N–H and O–H groups in total. The Morgan fingerprint density at radius 1 is 1.17 bits per heavy atom. The highest BCUT2D eigenvalue weighted by atomic mass is 79.9. The van der Waals surface area contributed by atoms with Gasteiger partial charge in [0, 0.05) is 11.9 Å². The van der Waals surface area contributed by atoms with Gasteiger partial charge < -0.3 is 4.74 Å². The van der Waals surface area contributed by atoms with Crippen LogP contribution in [0.25, 0.3) is 0 Å². The minimum atomic E-state index is 0.162. The highest BCUT2D eigenvalue weighted by molar-refractivity contribution is 9.09. The molecular weight excluding hydrogens is 288 g/mol. The molecule has 0 radical (unpaired) electrons. The molecule has 0 atom stereocenters. The minimum absolute atomic E-state index is 0.162. The van der Waals surface area contributed by atoms with Gasteiger partial charge in [0.15, 0.2) is 0 Å². The summed E-state index contributed by atoms with van der Waals surface area (Å²) < 4.78 is 6.31. The molecule has 0 spiro atoms. The third-order valence-electron chi connectivity index (χ3n) is 5.29. The highest BCUT2D eigenvalue weighted by Gasteiger charge is 2.36. The number of hydrogen-bond donors (Lipinski definition) is 0. The smallest absolute Gasteiger partial charge is 0.0779 e. The second-order valence-corrected chi connectivity index (χ2v) is 7.39. The van der Waals surface area contributed by atoms with Gasteiger partial charge in [0.1, 0.15) is 0 Å². The zero-order chi connectivity index (χ0) is 13.0. The standard InChI is InChI=1S/C16H29BrO/c1-13(2)15-6-9-16(12-17,10-7-15)18-11-8-14-4-3-5-14/h13-15H,3-12H2,1-2H3. The van der Waals surface area contributed by atoms with Crippen LogP contribution in [0.3, 0.4) is 0 Å². The molecule has 2 saturated carbocycles. The van der Waals surface area contributed by atoms with Crippen molar-refractivity contribution in [1.29, 1.82) is 0 Å². The Bertz CT molecular complexity index is 239. The number of rotatable bonds is 6. The summed E-state index contributed by atoms with van der Waals surface area (Å²) in [5.41, 5.74) is 0.162. The summed E-state index contributed by atoms with van der Waals surface area (Å²) in [5, 5.41) is 1.02. The lowest BCUT2D eigenvalue weighted by molar-refractivity contribution is -0.0695. The van der Waals surface area contributed by atoms with Gasteiger partial charge in [-0.2, -0.15) is 0 Å². The molecule has 2 fully saturated rings. The van der Waals surface area contributed by atoms with Crippen molar-refractivity contribution < 1.29 is 4.74 Å². The Morgan fingerprint density at radius 2 is 1.83 bits per heavy atom. The third-order valence-corrected chi connectivity index (χ3v) is 6.31. The summed E-state index contributed by atoms with van der Waals surface area (Å²) in [6.07, 6.45) is 10.9. The largest absolute Gasteiger partial charge is 0.374 e. The van der Waals surface area contributed by atoms with Gasteiger partial charge >= 0.3 is 0 Å². The van der Waals surface area contributed by atoms with E-state index in [1.807, 2.05) is 0 Å². The topological polar surface area (TPSA) is 9.23 Å². The monoisotopic (exact) mass is 316 g/mol. The van der Waals surface area contributed by atoms with E-state index in [0.717, 1.165) is 29.7 Å². The van der Waals surface area contributed by atoms with E-state index >= 15 is 0 Å².